The lowest BCUT2D eigenvalue weighted by Crippen LogP contribution is -2.43. The van der Waals surface area contributed by atoms with Crippen LogP contribution in [0.4, 0.5) is 5.13 Å². The van der Waals surface area contributed by atoms with Crippen molar-refractivity contribution >= 4 is 38.6 Å². The molecule has 0 spiro atoms. The largest absolute Gasteiger partial charge is 0.356 e. The number of aromatic nitrogens is 3. The van der Waals surface area contributed by atoms with E-state index in [0.29, 0.717) is 28.6 Å². The Kier molecular flexibility index (Phi) is 6.84. The molecular formula is C21H30N6O3S. The first-order valence-electron chi connectivity index (χ1n) is 11.2. The highest BCUT2D eigenvalue weighted by Gasteiger charge is 2.27. The Balaban J connectivity index is 1.47. The van der Waals surface area contributed by atoms with E-state index < -0.39 is 0 Å². The van der Waals surface area contributed by atoms with Gasteiger partial charge in [-0.1, -0.05) is 30.6 Å². The fraction of sp³-hybridized carbons (Fsp3) is 0.667. The van der Waals surface area contributed by atoms with Crippen LogP contribution in [0.5, 0.6) is 0 Å². The second-order valence-electron chi connectivity index (χ2n) is 8.41. The summed E-state index contributed by atoms with van der Waals surface area (Å²) in [5, 5.41) is 6.64. The molecule has 2 N–H and O–H groups in total. The summed E-state index contributed by atoms with van der Waals surface area (Å²) in [5.74, 6) is -0.160. The molecule has 10 heteroatoms. The molecule has 2 aliphatic rings. The van der Waals surface area contributed by atoms with Gasteiger partial charge >= 0.3 is 0 Å². The molecule has 2 aromatic rings. The highest BCUT2D eigenvalue weighted by Crippen LogP contribution is 2.29. The lowest BCUT2D eigenvalue weighted by atomic mass is 9.95. The van der Waals surface area contributed by atoms with Gasteiger partial charge in [0.25, 0.3) is 5.56 Å². The van der Waals surface area contributed by atoms with E-state index in [4.69, 9.17) is 0 Å². The second kappa shape index (κ2) is 9.76. The maximum Gasteiger partial charge on any atom is 0.273 e. The van der Waals surface area contributed by atoms with Gasteiger partial charge in [0.15, 0.2) is 10.8 Å². The van der Waals surface area contributed by atoms with E-state index in [0.717, 1.165) is 45.1 Å². The zero-order valence-corrected chi connectivity index (χ0v) is 18.7. The number of fused-ring (bicyclic) bond motifs is 1. The molecule has 1 saturated heterocycles. The molecule has 0 bridgehead atoms. The average Bonchev–Trinajstić information content (AvgIpc) is 3.22. The summed E-state index contributed by atoms with van der Waals surface area (Å²) in [6.45, 7) is 3.89. The summed E-state index contributed by atoms with van der Waals surface area (Å²) < 4.78 is 1.80. The first kappa shape index (κ1) is 21.7. The Morgan fingerprint density at radius 3 is 2.77 bits per heavy atom. The predicted molar refractivity (Wildman–Crippen MR) is 120 cm³/mol. The Hall–Kier alpha value is -2.49. The molecule has 2 fully saturated rings. The minimum Gasteiger partial charge on any atom is -0.356 e. The van der Waals surface area contributed by atoms with Crippen LogP contribution in [0.25, 0.3) is 10.3 Å². The molecule has 1 aliphatic heterocycles. The molecule has 31 heavy (non-hydrogen) atoms. The van der Waals surface area contributed by atoms with Crippen LogP contribution in [-0.4, -0.2) is 52.0 Å². The van der Waals surface area contributed by atoms with Crippen molar-refractivity contribution in [1.29, 1.82) is 0 Å². The lowest BCUT2D eigenvalue weighted by Gasteiger charge is -2.31. The zero-order chi connectivity index (χ0) is 21.8. The summed E-state index contributed by atoms with van der Waals surface area (Å²) in [7, 11) is 0. The number of nitrogens with zero attached hydrogens (tertiary/aromatic N) is 4. The van der Waals surface area contributed by atoms with E-state index in [-0.39, 0.29) is 35.9 Å². The van der Waals surface area contributed by atoms with Gasteiger partial charge in [0.05, 0.1) is 5.92 Å². The number of nitrogens with one attached hydrogen (secondary N) is 2. The molecule has 1 saturated carbocycles. The van der Waals surface area contributed by atoms with E-state index >= 15 is 0 Å². The Labute approximate surface area is 185 Å². The maximum absolute atomic E-state index is 12.9. The van der Waals surface area contributed by atoms with Crippen molar-refractivity contribution in [2.75, 3.05) is 24.5 Å². The molecule has 0 aromatic carbocycles. The minimum absolute atomic E-state index is 0.0332. The molecule has 3 heterocycles. The van der Waals surface area contributed by atoms with Gasteiger partial charge in [-0.25, -0.2) is 4.98 Å². The van der Waals surface area contributed by atoms with Crippen molar-refractivity contribution in [3.8, 4) is 0 Å². The average molecular weight is 447 g/mol. The summed E-state index contributed by atoms with van der Waals surface area (Å²) in [5.41, 5.74) is 0.152. The number of rotatable bonds is 6. The van der Waals surface area contributed by atoms with Crippen LogP contribution >= 0.6 is 11.3 Å². The van der Waals surface area contributed by atoms with Gasteiger partial charge < -0.3 is 15.5 Å². The third-order valence-corrected chi connectivity index (χ3v) is 7.16. The second-order valence-corrected chi connectivity index (χ2v) is 9.39. The summed E-state index contributed by atoms with van der Waals surface area (Å²) in [4.78, 5) is 48.5. The fourth-order valence-corrected chi connectivity index (χ4v) is 5.45. The highest BCUT2D eigenvalue weighted by molar-refractivity contribution is 7.22. The first-order chi connectivity index (χ1) is 15.0. The number of piperidine rings is 1. The van der Waals surface area contributed by atoms with E-state index in [1.807, 2.05) is 6.92 Å². The Morgan fingerprint density at radius 2 is 2.00 bits per heavy atom. The summed E-state index contributed by atoms with van der Waals surface area (Å²) in [6, 6.07) is 0.209. The number of carbonyl (C=O) groups is 2. The molecule has 0 unspecified atom stereocenters. The predicted octanol–water partition coefficient (Wildman–Crippen LogP) is 1.65. The van der Waals surface area contributed by atoms with Gasteiger partial charge in [0.2, 0.25) is 11.8 Å². The number of hydrogen-bond acceptors (Lipinski definition) is 7. The van der Waals surface area contributed by atoms with Crippen LogP contribution in [0.1, 0.15) is 51.9 Å². The Bertz CT molecular complexity index is 997. The fourth-order valence-electron chi connectivity index (χ4n) is 4.44. The first-order valence-corrected chi connectivity index (χ1v) is 12.0. The van der Waals surface area contributed by atoms with Crippen LogP contribution in [0.15, 0.2) is 11.1 Å². The van der Waals surface area contributed by atoms with Gasteiger partial charge in [-0.2, -0.15) is 4.98 Å². The molecule has 1 aliphatic carbocycles. The lowest BCUT2D eigenvalue weighted by molar-refractivity contribution is -0.125. The number of thiazole rings is 1. The van der Waals surface area contributed by atoms with E-state index in [9.17, 15) is 14.4 Å². The SMILES string of the molecule is CCNC(=O)[C@H]1CCCN(c2nc3ncn(CC(=O)NC4CCCCC4)c(=O)c3s2)C1. The Morgan fingerprint density at radius 1 is 1.19 bits per heavy atom. The van der Waals surface area contributed by atoms with E-state index in [1.165, 1.54) is 28.7 Å². The normalized spacial score (nSPS) is 20.0. The minimum atomic E-state index is -0.246. The number of amides is 2. The van der Waals surface area contributed by atoms with Crippen LogP contribution < -0.4 is 21.1 Å². The molecular weight excluding hydrogens is 416 g/mol. The molecule has 2 amide bonds. The van der Waals surface area contributed by atoms with Gasteiger partial charge in [-0.05, 0) is 32.6 Å². The molecule has 168 valence electrons. The summed E-state index contributed by atoms with van der Waals surface area (Å²) in [6.07, 6.45) is 8.67. The number of carbonyl (C=O) groups excluding carboxylic acids is 2. The van der Waals surface area contributed by atoms with Crippen molar-refractivity contribution in [1.82, 2.24) is 25.2 Å². The third-order valence-electron chi connectivity index (χ3n) is 6.07. The van der Waals surface area contributed by atoms with Crippen molar-refractivity contribution < 1.29 is 9.59 Å². The van der Waals surface area contributed by atoms with Gasteiger partial charge in [0, 0.05) is 25.7 Å². The smallest absolute Gasteiger partial charge is 0.273 e. The van der Waals surface area contributed by atoms with Crippen LogP contribution in [0.3, 0.4) is 0 Å². The molecule has 9 nitrogen and oxygen atoms in total. The van der Waals surface area contributed by atoms with Gasteiger partial charge in [-0.15, -0.1) is 0 Å². The molecule has 1 atom stereocenters. The van der Waals surface area contributed by atoms with Crippen molar-refractivity contribution in [2.45, 2.75) is 64.5 Å². The van der Waals surface area contributed by atoms with Crippen molar-refractivity contribution in [3.63, 3.8) is 0 Å². The summed E-state index contributed by atoms with van der Waals surface area (Å²) >= 11 is 1.29. The number of hydrogen-bond donors (Lipinski definition) is 2. The zero-order valence-electron chi connectivity index (χ0n) is 17.9. The van der Waals surface area contributed by atoms with Crippen molar-refractivity contribution in [3.05, 3.63) is 16.7 Å². The van der Waals surface area contributed by atoms with E-state index in [1.54, 1.807) is 0 Å². The van der Waals surface area contributed by atoms with E-state index in [2.05, 4.69) is 25.5 Å². The van der Waals surface area contributed by atoms with Gasteiger partial charge in [-0.3, -0.25) is 19.0 Å². The standard InChI is InChI=1S/C21H30N6O3S/c1-2-22-19(29)14-7-6-10-26(11-14)21-25-18-17(31-21)20(30)27(13-23-18)12-16(28)24-15-8-4-3-5-9-15/h13-15H,2-12H2,1H3,(H,22,29)(H,24,28)/t14-/m0/s1. The molecule has 0 radical (unpaired) electrons. The van der Waals surface area contributed by atoms with Crippen LogP contribution in [-0.2, 0) is 16.1 Å². The monoisotopic (exact) mass is 446 g/mol. The van der Waals surface area contributed by atoms with Crippen molar-refractivity contribution in [2.24, 2.45) is 5.92 Å². The quantitative estimate of drug-likeness (QED) is 0.698. The topological polar surface area (TPSA) is 109 Å². The van der Waals surface area contributed by atoms with Crippen LogP contribution in [0, 0.1) is 5.92 Å². The van der Waals surface area contributed by atoms with Gasteiger partial charge in [0.1, 0.15) is 17.6 Å². The third kappa shape index (κ3) is 5.06. The number of anilines is 1. The molecule has 2 aromatic heterocycles. The van der Waals surface area contributed by atoms with Crippen LogP contribution in [0.2, 0.25) is 0 Å². The highest BCUT2D eigenvalue weighted by atomic mass is 32.1. The maximum atomic E-state index is 12.9. The molecule has 4 rings (SSSR count).